The summed E-state index contributed by atoms with van der Waals surface area (Å²) in [5, 5.41) is 0. The van der Waals surface area contributed by atoms with E-state index in [1.807, 2.05) is 19.1 Å². The summed E-state index contributed by atoms with van der Waals surface area (Å²) in [6.45, 7) is 2.53. The van der Waals surface area contributed by atoms with Crippen LogP contribution >= 0.6 is 15.9 Å². The van der Waals surface area contributed by atoms with Crippen LogP contribution in [0.25, 0.3) is 0 Å². The first-order chi connectivity index (χ1) is 11.9. The number of pyridine rings is 1. The lowest BCUT2D eigenvalue weighted by Crippen LogP contribution is -2.31. The fraction of sp³-hybridized carbons (Fsp3) is 0.353. The number of hydrogen-bond donors (Lipinski definition) is 0. The van der Waals surface area contributed by atoms with Crippen LogP contribution in [0.2, 0.25) is 0 Å². The van der Waals surface area contributed by atoms with Gasteiger partial charge in [0.1, 0.15) is 16.7 Å². The molecule has 134 valence electrons. The number of halogens is 1. The van der Waals surface area contributed by atoms with Gasteiger partial charge in [0.15, 0.2) is 0 Å². The Bertz CT molecular complexity index is 873. The van der Waals surface area contributed by atoms with Crippen molar-refractivity contribution in [1.29, 1.82) is 0 Å². The quantitative estimate of drug-likeness (QED) is 0.734. The lowest BCUT2D eigenvalue weighted by Gasteiger charge is -2.19. The molecule has 8 heteroatoms. The van der Waals surface area contributed by atoms with Crippen molar-refractivity contribution in [2.45, 2.75) is 24.3 Å². The van der Waals surface area contributed by atoms with Crippen LogP contribution in [-0.2, 0) is 10.0 Å². The van der Waals surface area contributed by atoms with Crippen molar-refractivity contribution in [3.8, 4) is 11.6 Å². The van der Waals surface area contributed by atoms with Gasteiger partial charge in [0.2, 0.25) is 15.9 Å². The molecule has 6 nitrogen and oxygen atoms in total. The summed E-state index contributed by atoms with van der Waals surface area (Å²) in [4.78, 5) is 4.36. The van der Waals surface area contributed by atoms with E-state index < -0.39 is 10.0 Å². The minimum Gasteiger partial charge on any atom is -0.495 e. The maximum Gasteiger partial charge on any atom is 0.246 e. The Labute approximate surface area is 156 Å². The highest BCUT2D eigenvalue weighted by molar-refractivity contribution is 9.10. The number of ether oxygens (including phenoxy) is 2. The van der Waals surface area contributed by atoms with Gasteiger partial charge in [-0.2, -0.15) is 4.31 Å². The molecule has 0 amide bonds. The maximum atomic E-state index is 13.0. The highest BCUT2D eigenvalue weighted by Gasteiger charge is 2.35. The van der Waals surface area contributed by atoms with Crippen molar-refractivity contribution in [2.24, 2.45) is 0 Å². The second-order valence-electron chi connectivity index (χ2n) is 5.84. The van der Waals surface area contributed by atoms with Crippen LogP contribution in [0.1, 0.15) is 12.0 Å². The van der Waals surface area contributed by atoms with Crippen molar-refractivity contribution in [3.05, 3.63) is 46.6 Å². The molecule has 0 aliphatic carbocycles. The zero-order valence-corrected chi connectivity index (χ0v) is 16.4. The lowest BCUT2D eigenvalue weighted by molar-refractivity contribution is 0.205. The summed E-state index contributed by atoms with van der Waals surface area (Å²) >= 11 is 3.39. The highest BCUT2D eigenvalue weighted by Crippen LogP contribution is 2.31. The molecule has 1 aliphatic rings. The van der Waals surface area contributed by atoms with E-state index in [1.165, 1.54) is 11.4 Å². The number of aryl methyl sites for hydroxylation is 1. The highest BCUT2D eigenvalue weighted by atomic mass is 79.9. The topological polar surface area (TPSA) is 68.7 Å². The Morgan fingerprint density at radius 3 is 2.84 bits per heavy atom. The van der Waals surface area contributed by atoms with E-state index in [1.54, 1.807) is 24.4 Å². The van der Waals surface area contributed by atoms with Gasteiger partial charge in [-0.15, -0.1) is 0 Å². The van der Waals surface area contributed by atoms with Crippen LogP contribution in [0.3, 0.4) is 0 Å². The van der Waals surface area contributed by atoms with Crippen LogP contribution in [0, 0.1) is 6.92 Å². The monoisotopic (exact) mass is 426 g/mol. The molecule has 3 rings (SSSR count). The third kappa shape index (κ3) is 3.80. The largest absolute Gasteiger partial charge is 0.495 e. The second kappa shape index (κ2) is 7.31. The summed E-state index contributed by atoms with van der Waals surface area (Å²) in [6, 6.07) is 8.77. The van der Waals surface area contributed by atoms with Gasteiger partial charge in [0.05, 0.1) is 18.1 Å². The van der Waals surface area contributed by atoms with Gasteiger partial charge in [0.25, 0.3) is 0 Å². The van der Waals surface area contributed by atoms with E-state index in [9.17, 15) is 8.42 Å². The zero-order valence-electron chi connectivity index (χ0n) is 14.0. The molecule has 1 aromatic heterocycles. The zero-order chi connectivity index (χ0) is 18.0. The number of benzene rings is 1. The molecule has 1 saturated heterocycles. The number of nitrogens with zero attached hydrogens (tertiary/aromatic N) is 2. The van der Waals surface area contributed by atoms with Crippen molar-refractivity contribution in [2.75, 3.05) is 20.2 Å². The minimum atomic E-state index is -3.64. The van der Waals surface area contributed by atoms with E-state index >= 15 is 0 Å². The van der Waals surface area contributed by atoms with Gasteiger partial charge >= 0.3 is 0 Å². The number of aromatic nitrogens is 1. The summed E-state index contributed by atoms with van der Waals surface area (Å²) in [6.07, 6.45) is 2.01. The molecule has 0 spiro atoms. The third-order valence-corrected chi connectivity index (χ3v) is 6.54. The standard InChI is InChI=1S/C17H19BrN2O4S/c1-12-5-6-15(23-2)16(10-12)25(21,22)20-9-7-13(11-20)24-17-14(18)4-3-8-19-17/h3-6,8,10,13H,7,9,11H2,1-2H3/t13-/m1/s1. The van der Waals surface area contributed by atoms with E-state index in [2.05, 4.69) is 20.9 Å². The van der Waals surface area contributed by atoms with Crippen LogP contribution < -0.4 is 9.47 Å². The van der Waals surface area contributed by atoms with E-state index in [0.717, 1.165) is 10.0 Å². The molecule has 0 bridgehead atoms. The Kier molecular flexibility index (Phi) is 5.31. The molecule has 1 fully saturated rings. The van der Waals surface area contributed by atoms with Crippen molar-refractivity contribution in [3.63, 3.8) is 0 Å². The van der Waals surface area contributed by atoms with Crippen molar-refractivity contribution < 1.29 is 17.9 Å². The fourth-order valence-electron chi connectivity index (χ4n) is 2.75. The number of methoxy groups -OCH3 is 1. The summed E-state index contributed by atoms with van der Waals surface area (Å²) < 4.78 is 39.3. The summed E-state index contributed by atoms with van der Waals surface area (Å²) in [5.41, 5.74) is 0.865. The van der Waals surface area contributed by atoms with Gasteiger partial charge in [-0.05, 0) is 59.1 Å². The van der Waals surface area contributed by atoms with E-state index in [4.69, 9.17) is 9.47 Å². The van der Waals surface area contributed by atoms with Crippen LogP contribution in [-0.4, -0.2) is 44.0 Å². The molecule has 0 unspecified atom stereocenters. The fourth-order valence-corrected chi connectivity index (χ4v) is 4.83. The van der Waals surface area contributed by atoms with Crippen LogP contribution in [0.5, 0.6) is 11.6 Å². The summed E-state index contributed by atoms with van der Waals surface area (Å²) in [5.74, 6) is 0.822. The SMILES string of the molecule is COc1ccc(C)cc1S(=O)(=O)N1CC[C@@H](Oc2ncccc2Br)C1. The molecule has 2 aromatic rings. The second-order valence-corrected chi connectivity index (χ2v) is 8.60. The smallest absolute Gasteiger partial charge is 0.246 e. The van der Waals surface area contributed by atoms with Gasteiger partial charge in [-0.1, -0.05) is 6.07 Å². The van der Waals surface area contributed by atoms with Crippen molar-refractivity contribution >= 4 is 26.0 Å². The van der Waals surface area contributed by atoms with E-state index in [0.29, 0.717) is 24.6 Å². The van der Waals surface area contributed by atoms with E-state index in [-0.39, 0.29) is 17.5 Å². The molecule has 2 heterocycles. The predicted molar refractivity (Wildman–Crippen MR) is 97.5 cm³/mol. The average molecular weight is 427 g/mol. The molecule has 0 saturated carbocycles. The lowest BCUT2D eigenvalue weighted by atomic mass is 10.2. The Balaban J connectivity index is 1.79. The Morgan fingerprint density at radius 1 is 1.32 bits per heavy atom. The molecule has 0 radical (unpaired) electrons. The Morgan fingerprint density at radius 2 is 2.12 bits per heavy atom. The van der Waals surface area contributed by atoms with Crippen LogP contribution in [0.15, 0.2) is 45.9 Å². The normalized spacial score (nSPS) is 18.3. The third-order valence-electron chi connectivity index (χ3n) is 4.05. The van der Waals surface area contributed by atoms with Gasteiger partial charge in [0, 0.05) is 12.7 Å². The molecule has 1 atom stereocenters. The number of rotatable bonds is 5. The maximum absolute atomic E-state index is 13.0. The molecule has 1 aromatic carbocycles. The first-order valence-electron chi connectivity index (χ1n) is 7.84. The van der Waals surface area contributed by atoms with Gasteiger partial charge < -0.3 is 9.47 Å². The van der Waals surface area contributed by atoms with Crippen molar-refractivity contribution in [1.82, 2.24) is 9.29 Å². The summed E-state index contributed by atoms with van der Waals surface area (Å²) in [7, 11) is -2.17. The Hall–Kier alpha value is -1.64. The number of sulfonamides is 1. The minimum absolute atomic E-state index is 0.190. The first kappa shape index (κ1) is 18.2. The van der Waals surface area contributed by atoms with Gasteiger partial charge in [-0.3, -0.25) is 0 Å². The van der Waals surface area contributed by atoms with Gasteiger partial charge in [-0.25, -0.2) is 13.4 Å². The molecule has 0 N–H and O–H groups in total. The molecule has 25 heavy (non-hydrogen) atoms. The number of hydrogen-bond acceptors (Lipinski definition) is 5. The predicted octanol–water partition coefficient (Wildman–Crippen LogP) is 3.00. The molecular weight excluding hydrogens is 408 g/mol. The molecular formula is C17H19BrN2O4S. The molecule has 1 aliphatic heterocycles. The van der Waals surface area contributed by atoms with Crippen LogP contribution in [0.4, 0.5) is 0 Å². The average Bonchev–Trinajstić information content (AvgIpc) is 3.06. The first-order valence-corrected chi connectivity index (χ1v) is 10.1.